The van der Waals surface area contributed by atoms with Gasteiger partial charge in [0.2, 0.25) is 0 Å². The molecule has 1 aliphatic rings. The fraction of sp³-hybridized carbons (Fsp3) is 0.692. The Bertz CT molecular complexity index is 490. The predicted octanol–water partition coefficient (Wildman–Crippen LogP) is 1.84. The van der Waals surface area contributed by atoms with E-state index in [9.17, 15) is 27.9 Å². The van der Waals surface area contributed by atoms with E-state index in [2.05, 4.69) is 5.92 Å². The second-order valence-electron chi connectivity index (χ2n) is 6.02. The lowest BCUT2D eigenvalue weighted by molar-refractivity contribution is -0.174. The summed E-state index contributed by atoms with van der Waals surface area (Å²) in [5.74, 6) is 0.306. The molecule has 0 aliphatic carbocycles. The molecule has 0 aromatic heterocycles. The van der Waals surface area contributed by atoms with E-state index in [1.807, 2.05) is 0 Å². The van der Waals surface area contributed by atoms with Crippen LogP contribution in [0.3, 0.4) is 0 Å². The summed E-state index contributed by atoms with van der Waals surface area (Å²) in [5.41, 5.74) is -1.97. The van der Waals surface area contributed by atoms with Crippen LogP contribution in [0.5, 0.6) is 0 Å². The SMILES string of the molecule is C#C[C@@]1(C(C)(C)C)C[C@H](NC(=O)C(F)(F)F)CN1C(=O)O. The van der Waals surface area contributed by atoms with Crippen molar-refractivity contribution in [2.24, 2.45) is 5.41 Å². The number of carbonyl (C=O) groups is 2. The van der Waals surface area contributed by atoms with Gasteiger partial charge in [-0.15, -0.1) is 6.42 Å². The third-order valence-corrected chi connectivity index (χ3v) is 3.71. The minimum atomic E-state index is -5.02. The van der Waals surface area contributed by atoms with Crippen molar-refractivity contribution < 1.29 is 27.9 Å². The Balaban J connectivity index is 3.06. The summed E-state index contributed by atoms with van der Waals surface area (Å²) in [6.45, 7) is 4.84. The average molecular weight is 306 g/mol. The molecule has 0 bridgehead atoms. The third-order valence-electron chi connectivity index (χ3n) is 3.71. The van der Waals surface area contributed by atoms with E-state index in [4.69, 9.17) is 6.42 Å². The summed E-state index contributed by atoms with van der Waals surface area (Å²) in [6, 6.07) is -0.981. The lowest BCUT2D eigenvalue weighted by Crippen LogP contribution is -2.54. The monoisotopic (exact) mass is 306 g/mol. The minimum Gasteiger partial charge on any atom is -0.465 e. The number of carboxylic acid groups (broad SMARTS) is 1. The van der Waals surface area contributed by atoms with Crippen molar-refractivity contribution in [3.63, 3.8) is 0 Å². The van der Waals surface area contributed by atoms with Gasteiger partial charge in [0.1, 0.15) is 5.54 Å². The smallest absolute Gasteiger partial charge is 0.465 e. The molecule has 0 aromatic carbocycles. The van der Waals surface area contributed by atoms with Crippen LogP contribution in [0.15, 0.2) is 0 Å². The highest BCUT2D eigenvalue weighted by atomic mass is 19.4. The van der Waals surface area contributed by atoms with E-state index in [1.54, 1.807) is 26.1 Å². The Morgan fingerprint density at radius 2 is 1.90 bits per heavy atom. The molecule has 1 rings (SSSR count). The first-order valence-corrected chi connectivity index (χ1v) is 6.21. The quantitative estimate of drug-likeness (QED) is 0.726. The number of hydrogen-bond acceptors (Lipinski definition) is 2. The van der Waals surface area contributed by atoms with Gasteiger partial charge in [-0.1, -0.05) is 26.7 Å². The van der Waals surface area contributed by atoms with Crippen LogP contribution < -0.4 is 5.32 Å². The Kier molecular flexibility index (Phi) is 4.19. The van der Waals surface area contributed by atoms with E-state index < -0.39 is 35.2 Å². The van der Waals surface area contributed by atoms with Gasteiger partial charge in [-0.2, -0.15) is 13.2 Å². The van der Waals surface area contributed by atoms with Crippen LogP contribution in [0.25, 0.3) is 0 Å². The molecule has 1 saturated heterocycles. The Morgan fingerprint density at radius 3 is 2.19 bits per heavy atom. The van der Waals surface area contributed by atoms with Gasteiger partial charge in [0.25, 0.3) is 0 Å². The Labute approximate surface area is 120 Å². The maximum atomic E-state index is 12.3. The number of terminal acetylenes is 1. The number of nitrogens with zero attached hydrogens (tertiary/aromatic N) is 1. The normalized spacial score (nSPS) is 26.3. The van der Waals surface area contributed by atoms with Crippen LogP contribution in [0.4, 0.5) is 18.0 Å². The summed E-state index contributed by atoms with van der Waals surface area (Å²) in [5, 5.41) is 11.1. The molecule has 1 heterocycles. The molecule has 2 amide bonds. The van der Waals surface area contributed by atoms with Crippen LogP contribution in [0.1, 0.15) is 27.2 Å². The van der Waals surface area contributed by atoms with Gasteiger partial charge < -0.3 is 10.4 Å². The Morgan fingerprint density at radius 1 is 1.38 bits per heavy atom. The number of carbonyl (C=O) groups excluding carboxylic acids is 1. The van der Waals surface area contributed by atoms with Gasteiger partial charge in [0.15, 0.2) is 0 Å². The number of hydrogen-bond donors (Lipinski definition) is 2. The van der Waals surface area contributed by atoms with Gasteiger partial charge in [-0.3, -0.25) is 9.69 Å². The summed E-state index contributed by atoms with van der Waals surface area (Å²) in [4.78, 5) is 23.3. The average Bonchev–Trinajstić information content (AvgIpc) is 2.67. The number of rotatable bonds is 1. The van der Waals surface area contributed by atoms with Crippen molar-refractivity contribution in [3.8, 4) is 12.3 Å². The lowest BCUT2D eigenvalue weighted by Gasteiger charge is -2.42. The van der Waals surface area contributed by atoms with Crippen molar-refractivity contribution in [2.75, 3.05) is 6.54 Å². The largest absolute Gasteiger partial charge is 0.471 e. The molecule has 0 spiro atoms. The zero-order valence-corrected chi connectivity index (χ0v) is 11.9. The first-order valence-electron chi connectivity index (χ1n) is 6.21. The van der Waals surface area contributed by atoms with Crippen LogP contribution in [0, 0.1) is 17.8 Å². The Hall–Kier alpha value is -1.91. The minimum absolute atomic E-state index is 0.0683. The molecule has 1 fully saturated rings. The fourth-order valence-electron chi connectivity index (χ4n) is 2.58. The van der Waals surface area contributed by atoms with Gasteiger partial charge in [-0.25, -0.2) is 4.79 Å². The predicted molar refractivity (Wildman–Crippen MR) is 68.4 cm³/mol. The van der Waals surface area contributed by atoms with Gasteiger partial charge in [0, 0.05) is 13.0 Å². The number of likely N-dealkylation sites (tertiary alicyclic amines) is 1. The summed E-state index contributed by atoms with van der Waals surface area (Å²) in [6.07, 6.45) is -0.940. The number of amides is 2. The summed E-state index contributed by atoms with van der Waals surface area (Å²) >= 11 is 0. The maximum Gasteiger partial charge on any atom is 0.471 e. The number of halogens is 3. The number of nitrogens with one attached hydrogen (secondary N) is 1. The van der Waals surface area contributed by atoms with Crippen molar-refractivity contribution >= 4 is 12.0 Å². The van der Waals surface area contributed by atoms with Crippen LogP contribution in [-0.4, -0.2) is 46.3 Å². The van der Waals surface area contributed by atoms with E-state index in [0.717, 1.165) is 4.90 Å². The molecule has 0 saturated carbocycles. The van der Waals surface area contributed by atoms with E-state index in [1.165, 1.54) is 0 Å². The molecule has 5 nitrogen and oxygen atoms in total. The van der Waals surface area contributed by atoms with Crippen LogP contribution in [-0.2, 0) is 4.79 Å². The molecule has 2 N–H and O–H groups in total. The van der Waals surface area contributed by atoms with E-state index in [0.29, 0.717) is 0 Å². The van der Waals surface area contributed by atoms with Crippen molar-refractivity contribution in [3.05, 3.63) is 0 Å². The maximum absolute atomic E-state index is 12.3. The molecule has 0 unspecified atom stereocenters. The molecule has 0 aromatic rings. The van der Waals surface area contributed by atoms with Crippen LogP contribution >= 0.6 is 0 Å². The van der Waals surface area contributed by atoms with Gasteiger partial charge in [-0.05, 0) is 5.41 Å². The topological polar surface area (TPSA) is 69.6 Å². The second-order valence-corrected chi connectivity index (χ2v) is 6.02. The summed E-state index contributed by atoms with van der Waals surface area (Å²) < 4.78 is 36.9. The highest BCUT2D eigenvalue weighted by molar-refractivity contribution is 5.82. The lowest BCUT2D eigenvalue weighted by atomic mass is 9.72. The molecule has 0 radical (unpaired) electrons. The highest BCUT2D eigenvalue weighted by Gasteiger charge is 2.55. The molecule has 1 aliphatic heterocycles. The number of alkyl halides is 3. The van der Waals surface area contributed by atoms with Crippen molar-refractivity contribution in [1.82, 2.24) is 10.2 Å². The fourth-order valence-corrected chi connectivity index (χ4v) is 2.58. The molecule has 21 heavy (non-hydrogen) atoms. The molecule has 2 atom stereocenters. The molecule has 8 heteroatoms. The van der Waals surface area contributed by atoms with E-state index in [-0.39, 0.29) is 13.0 Å². The molecule has 118 valence electrons. The molecular weight excluding hydrogens is 289 g/mol. The first kappa shape index (κ1) is 17.1. The van der Waals surface area contributed by atoms with Crippen LogP contribution in [0.2, 0.25) is 0 Å². The first-order chi connectivity index (χ1) is 9.35. The zero-order chi connectivity index (χ0) is 16.6. The summed E-state index contributed by atoms with van der Waals surface area (Å²) in [7, 11) is 0. The van der Waals surface area contributed by atoms with Gasteiger partial charge >= 0.3 is 18.2 Å². The van der Waals surface area contributed by atoms with Crippen molar-refractivity contribution in [2.45, 2.75) is 44.9 Å². The highest BCUT2D eigenvalue weighted by Crippen LogP contribution is 2.43. The zero-order valence-electron chi connectivity index (χ0n) is 11.9. The van der Waals surface area contributed by atoms with E-state index >= 15 is 0 Å². The van der Waals surface area contributed by atoms with Gasteiger partial charge in [0.05, 0.1) is 6.04 Å². The standard InChI is InChI=1S/C13H17F3N2O3/c1-5-12(11(2,3)4)6-8(7-18(12)10(20)21)17-9(19)13(14,15)16/h1,8H,6-7H2,2-4H3,(H,17,19)(H,20,21)/t8-,12-/m0/s1. The molecular formula is C13H17F3N2O3. The second kappa shape index (κ2) is 5.13. The van der Waals surface area contributed by atoms with Crippen molar-refractivity contribution in [1.29, 1.82) is 0 Å². The third kappa shape index (κ3) is 3.06.